The van der Waals surface area contributed by atoms with Gasteiger partial charge in [0.1, 0.15) is 10.8 Å². The van der Waals surface area contributed by atoms with Crippen LogP contribution in [0, 0.1) is 5.82 Å². The highest BCUT2D eigenvalue weighted by atomic mass is 35.5. The number of nitrogens with zero attached hydrogens (tertiary/aromatic N) is 1. The van der Waals surface area contributed by atoms with Crippen molar-refractivity contribution >= 4 is 22.9 Å². The number of nitrogens with two attached hydrogens (primary N) is 1. The first-order valence-corrected chi connectivity index (χ1v) is 7.54. The molecule has 2 aromatic rings. The molecule has 19 heavy (non-hydrogen) atoms. The minimum atomic E-state index is -0.579. The summed E-state index contributed by atoms with van der Waals surface area (Å²) in [5, 5.41) is 1.12. The van der Waals surface area contributed by atoms with Crippen LogP contribution < -0.4 is 5.73 Å². The van der Waals surface area contributed by atoms with Gasteiger partial charge >= 0.3 is 0 Å². The zero-order chi connectivity index (χ0) is 13.4. The van der Waals surface area contributed by atoms with Gasteiger partial charge in [0.05, 0.1) is 11.7 Å². The lowest BCUT2D eigenvalue weighted by molar-refractivity contribution is 0.598. The van der Waals surface area contributed by atoms with Gasteiger partial charge in [-0.1, -0.05) is 17.7 Å². The number of halogens is 2. The average Bonchev–Trinajstić information content (AvgIpc) is 2.82. The Labute approximate surface area is 120 Å². The Bertz CT molecular complexity index is 568. The molecule has 0 radical (unpaired) electrons. The van der Waals surface area contributed by atoms with E-state index in [0.717, 1.165) is 23.5 Å². The molecule has 100 valence electrons. The molecule has 1 aliphatic carbocycles. The topological polar surface area (TPSA) is 38.9 Å². The maximum absolute atomic E-state index is 13.9. The first-order chi connectivity index (χ1) is 9.16. The van der Waals surface area contributed by atoms with Gasteiger partial charge in [0.15, 0.2) is 0 Å². The van der Waals surface area contributed by atoms with Gasteiger partial charge in [0.25, 0.3) is 0 Å². The standard InChI is InChI=1S/C14H14ClFN2S/c15-8-4-3-5-9(16)12(8)13(17)14-18-10-6-1-2-7-11(10)19-14/h3-5,13H,1-2,6-7,17H2. The molecule has 0 aliphatic heterocycles. The molecule has 1 heterocycles. The van der Waals surface area contributed by atoms with Crippen LogP contribution in [0.3, 0.4) is 0 Å². The molecular weight excluding hydrogens is 283 g/mol. The third kappa shape index (κ3) is 2.40. The minimum absolute atomic E-state index is 0.343. The highest BCUT2D eigenvalue weighted by Gasteiger charge is 2.23. The van der Waals surface area contributed by atoms with Gasteiger partial charge in [-0.25, -0.2) is 9.37 Å². The predicted molar refractivity (Wildman–Crippen MR) is 76.2 cm³/mol. The molecule has 1 atom stereocenters. The maximum Gasteiger partial charge on any atom is 0.129 e. The lowest BCUT2D eigenvalue weighted by Crippen LogP contribution is -2.14. The molecule has 2 N–H and O–H groups in total. The lowest BCUT2D eigenvalue weighted by Gasteiger charge is -2.11. The molecule has 1 aliphatic rings. The SMILES string of the molecule is NC(c1nc2c(s1)CCCC2)c1c(F)cccc1Cl. The van der Waals surface area contributed by atoms with Gasteiger partial charge in [-0.3, -0.25) is 0 Å². The van der Waals surface area contributed by atoms with Crippen LogP contribution in [0.4, 0.5) is 4.39 Å². The molecule has 0 saturated carbocycles. The Balaban J connectivity index is 1.99. The van der Waals surface area contributed by atoms with Crippen LogP contribution in [0.2, 0.25) is 5.02 Å². The largest absolute Gasteiger partial charge is 0.318 e. The highest BCUT2D eigenvalue weighted by molar-refractivity contribution is 7.11. The molecule has 1 aromatic heterocycles. The maximum atomic E-state index is 13.9. The summed E-state index contributed by atoms with van der Waals surface area (Å²) in [6, 6.07) is 4.05. The first kappa shape index (κ1) is 13.0. The Hall–Kier alpha value is -0.970. The molecule has 1 aromatic carbocycles. The molecule has 0 bridgehead atoms. The zero-order valence-corrected chi connectivity index (χ0v) is 11.9. The molecule has 1 unspecified atom stereocenters. The summed E-state index contributed by atoms with van der Waals surface area (Å²) in [6.07, 6.45) is 4.43. The second kappa shape index (κ2) is 5.19. The van der Waals surface area contributed by atoms with Crippen LogP contribution in [-0.4, -0.2) is 4.98 Å². The summed E-state index contributed by atoms with van der Waals surface area (Å²) in [4.78, 5) is 5.87. The van der Waals surface area contributed by atoms with Crippen LogP contribution in [0.25, 0.3) is 0 Å². The van der Waals surface area contributed by atoms with E-state index in [-0.39, 0.29) is 5.82 Å². The lowest BCUT2D eigenvalue weighted by atomic mass is 10.0. The Kier molecular flexibility index (Phi) is 3.56. The second-order valence-electron chi connectivity index (χ2n) is 4.74. The van der Waals surface area contributed by atoms with E-state index in [0.29, 0.717) is 10.6 Å². The van der Waals surface area contributed by atoms with Crippen molar-refractivity contribution in [3.63, 3.8) is 0 Å². The summed E-state index contributed by atoms with van der Waals surface area (Å²) >= 11 is 7.65. The van der Waals surface area contributed by atoms with Crippen LogP contribution in [0.15, 0.2) is 18.2 Å². The van der Waals surface area contributed by atoms with Crippen molar-refractivity contribution in [3.05, 3.63) is 50.2 Å². The Morgan fingerprint density at radius 2 is 2.11 bits per heavy atom. The second-order valence-corrected chi connectivity index (χ2v) is 6.26. The summed E-state index contributed by atoms with van der Waals surface area (Å²) in [6.45, 7) is 0. The normalized spacial score (nSPS) is 16.2. The van der Waals surface area contributed by atoms with E-state index in [1.807, 2.05) is 0 Å². The van der Waals surface area contributed by atoms with Gasteiger partial charge in [-0.15, -0.1) is 11.3 Å². The summed E-state index contributed by atoms with van der Waals surface area (Å²) < 4.78 is 13.9. The molecule has 0 saturated heterocycles. The highest BCUT2D eigenvalue weighted by Crippen LogP contribution is 2.34. The summed E-state index contributed by atoms with van der Waals surface area (Å²) in [5.74, 6) is -0.367. The number of fused-ring (bicyclic) bond motifs is 1. The fourth-order valence-electron chi connectivity index (χ4n) is 2.44. The van der Waals surface area contributed by atoms with E-state index in [4.69, 9.17) is 17.3 Å². The first-order valence-electron chi connectivity index (χ1n) is 6.35. The van der Waals surface area contributed by atoms with Gasteiger partial charge in [0.2, 0.25) is 0 Å². The Morgan fingerprint density at radius 3 is 2.84 bits per heavy atom. The number of aryl methyl sites for hydroxylation is 2. The number of thiazole rings is 1. The third-order valence-electron chi connectivity index (χ3n) is 3.44. The minimum Gasteiger partial charge on any atom is -0.318 e. The number of hydrogen-bond donors (Lipinski definition) is 1. The van der Waals surface area contributed by atoms with Crippen molar-refractivity contribution in [3.8, 4) is 0 Å². The van der Waals surface area contributed by atoms with Gasteiger partial charge < -0.3 is 5.73 Å². The van der Waals surface area contributed by atoms with E-state index in [9.17, 15) is 4.39 Å². The monoisotopic (exact) mass is 296 g/mol. The summed E-state index contributed by atoms with van der Waals surface area (Å²) in [7, 11) is 0. The number of aromatic nitrogens is 1. The van der Waals surface area contributed by atoms with Crippen molar-refractivity contribution in [1.29, 1.82) is 0 Å². The van der Waals surface area contributed by atoms with E-state index in [2.05, 4.69) is 4.98 Å². The number of benzene rings is 1. The van der Waals surface area contributed by atoms with Crippen LogP contribution in [0.5, 0.6) is 0 Å². The van der Waals surface area contributed by atoms with E-state index >= 15 is 0 Å². The fourth-order valence-corrected chi connectivity index (χ4v) is 3.88. The molecule has 0 amide bonds. The van der Waals surface area contributed by atoms with Crippen LogP contribution in [-0.2, 0) is 12.8 Å². The van der Waals surface area contributed by atoms with Gasteiger partial charge in [0, 0.05) is 15.5 Å². The molecular formula is C14H14ClFN2S. The van der Waals surface area contributed by atoms with E-state index in [1.165, 1.54) is 23.8 Å². The van der Waals surface area contributed by atoms with Gasteiger partial charge in [-0.2, -0.15) is 0 Å². The summed E-state index contributed by atoms with van der Waals surface area (Å²) in [5.41, 5.74) is 7.63. The Morgan fingerprint density at radius 1 is 1.32 bits per heavy atom. The van der Waals surface area contributed by atoms with Crippen molar-refractivity contribution in [2.75, 3.05) is 0 Å². The fraction of sp³-hybridized carbons (Fsp3) is 0.357. The van der Waals surface area contributed by atoms with Crippen molar-refractivity contribution in [2.45, 2.75) is 31.7 Å². The van der Waals surface area contributed by atoms with Gasteiger partial charge in [-0.05, 0) is 37.8 Å². The van der Waals surface area contributed by atoms with Crippen molar-refractivity contribution in [2.24, 2.45) is 5.73 Å². The quantitative estimate of drug-likeness (QED) is 0.914. The molecule has 2 nitrogen and oxygen atoms in total. The molecule has 0 spiro atoms. The number of rotatable bonds is 2. The van der Waals surface area contributed by atoms with Crippen LogP contribution >= 0.6 is 22.9 Å². The number of hydrogen-bond acceptors (Lipinski definition) is 3. The average molecular weight is 297 g/mol. The van der Waals surface area contributed by atoms with Crippen molar-refractivity contribution < 1.29 is 4.39 Å². The third-order valence-corrected chi connectivity index (χ3v) is 5.01. The van der Waals surface area contributed by atoms with E-state index in [1.54, 1.807) is 23.5 Å². The molecule has 0 fully saturated rings. The predicted octanol–water partition coefficient (Wildman–Crippen LogP) is 3.86. The smallest absolute Gasteiger partial charge is 0.129 e. The molecule has 5 heteroatoms. The molecule has 3 rings (SSSR count). The zero-order valence-electron chi connectivity index (χ0n) is 10.3. The van der Waals surface area contributed by atoms with Crippen molar-refractivity contribution in [1.82, 2.24) is 4.98 Å². The van der Waals surface area contributed by atoms with Crippen LogP contribution in [0.1, 0.15) is 40.0 Å². The van der Waals surface area contributed by atoms with E-state index < -0.39 is 6.04 Å².